The highest BCUT2D eigenvalue weighted by Gasteiger charge is 2.19. The molecule has 17 heavy (non-hydrogen) atoms. The Hall–Kier alpha value is -0.830. The minimum absolute atomic E-state index is 0.641. The number of nitrogens with zero attached hydrogens (tertiary/aromatic N) is 2. The highest BCUT2D eigenvalue weighted by Crippen LogP contribution is 2.29. The van der Waals surface area contributed by atoms with Crippen LogP contribution in [0.15, 0.2) is 0 Å². The molecule has 3 nitrogen and oxygen atoms in total. The van der Waals surface area contributed by atoms with E-state index in [1.54, 1.807) is 0 Å². The molecule has 3 heteroatoms. The smallest absolute Gasteiger partial charge is 0.0641 e. The number of aromatic nitrogens is 2. The van der Waals surface area contributed by atoms with Crippen LogP contribution in [0.4, 0.5) is 0 Å². The molecular weight excluding hydrogens is 210 g/mol. The molecule has 1 heterocycles. The van der Waals surface area contributed by atoms with Gasteiger partial charge in [0.15, 0.2) is 0 Å². The molecule has 1 N–H and O–H groups in total. The van der Waals surface area contributed by atoms with E-state index in [0.717, 1.165) is 6.54 Å². The van der Waals surface area contributed by atoms with E-state index < -0.39 is 0 Å². The summed E-state index contributed by atoms with van der Waals surface area (Å²) in [6.45, 7) is 5.29. The third-order valence-electron chi connectivity index (χ3n) is 4.00. The maximum atomic E-state index is 4.77. The molecule has 1 saturated carbocycles. The van der Waals surface area contributed by atoms with Crippen LogP contribution in [-0.4, -0.2) is 16.8 Å². The normalized spacial score (nSPS) is 18.3. The van der Waals surface area contributed by atoms with Crippen molar-refractivity contribution in [2.24, 2.45) is 0 Å². The molecule has 2 rings (SSSR count). The Bertz CT molecular complexity index is 360. The third kappa shape index (κ3) is 2.71. The summed E-state index contributed by atoms with van der Waals surface area (Å²) in [6.07, 6.45) is 8.15. The van der Waals surface area contributed by atoms with Crippen LogP contribution in [0.2, 0.25) is 0 Å². The average molecular weight is 235 g/mol. The summed E-state index contributed by atoms with van der Waals surface area (Å²) in [4.78, 5) is 0. The van der Waals surface area contributed by atoms with Gasteiger partial charge >= 0.3 is 0 Å². The lowest BCUT2D eigenvalue weighted by atomic mass is 10.1. The lowest BCUT2D eigenvalue weighted by Gasteiger charge is -2.17. The largest absolute Gasteiger partial charge is 0.316 e. The van der Waals surface area contributed by atoms with Gasteiger partial charge in [0.05, 0.1) is 11.7 Å². The molecule has 1 aliphatic rings. The van der Waals surface area contributed by atoms with Crippen molar-refractivity contribution in [3.63, 3.8) is 0 Å². The third-order valence-corrected chi connectivity index (χ3v) is 4.00. The zero-order chi connectivity index (χ0) is 12.3. The van der Waals surface area contributed by atoms with Crippen molar-refractivity contribution in [2.75, 3.05) is 7.05 Å². The molecular formula is C14H25N3. The van der Waals surface area contributed by atoms with Crippen molar-refractivity contribution in [2.45, 2.75) is 65.0 Å². The van der Waals surface area contributed by atoms with E-state index in [4.69, 9.17) is 5.10 Å². The maximum Gasteiger partial charge on any atom is 0.0641 e. The number of hydrogen-bond donors (Lipinski definition) is 1. The van der Waals surface area contributed by atoms with Crippen LogP contribution in [0.1, 0.15) is 61.5 Å². The van der Waals surface area contributed by atoms with Gasteiger partial charge in [0, 0.05) is 17.8 Å². The second-order valence-corrected chi connectivity index (χ2v) is 5.27. The van der Waals surface area contributed by atoms with E-state index in [-0.39, 0.29) is 0 Å². The van der Waals surface area contributed by atoms with Crippen LogP contribution in [0.5, 0.6) is 0 Å². The zero-order valence-electron chi connectivity index (χ0n) is 11.4. The SMILES string of the molecule is CNCc1c(C)nn(C2CCCCCC2)c1C. The first-order valence-electron chi connectivity index (χ1n) is 6.93. The van der Waals surface area contributed by atoms with Crippen LogP contribution in [0.25, 0.3) is 0 Å². The molecule has 1 aromatic rings. The van der Waals surface area contributed by atoms with Crippen molar-refractivity contribution in [1.29, 1.82) is 0 Å². The van der Waals surface area contributed by atoms with Gasteiger partial charge in [-0.05, 0) is 33.7 Å². The Labute approximate surface area is 105 Å². The topological polar surface area (TPSA) is 29.9 Å². The molecule has 1 aromatic heterocycles. The number of aryl methyl sites for hydroxylation is 1. The fourth-order valence-electron chi connectivity index (χ4n) is 2.99. The van der Waals surface area contributed by atoms with Gasteiger partial charge in [-0.1, -0.05) is 25.7 Å². The van der Waals surface area contributed by atoms with E-state index in [0.29, 0.717) is 6.04 Å². The standard InChI is InChI=1S/C14H25N3/c1-11-14(10-15-3)12(2)17(16-11)13-8-6-4-5-7-9-13/h13,15H,4-10H2,1-3H3. The Kier molecular flexibility index (Phi) is 4.21. The van der Waals surface area contributed by atoms with Crippen molar-refractivity contribution in [3.8, 4) is 0 Å². The first-order valence-corrected chi connectivity index (χ1v) is 6.93. The maximum absolute atomic E-state index is 4.77. The minimum Gasteiger partial charge on any atom is -0.316 e. The summed E-state index contributed by atoms with van der Waals surface area (Å²) in [7, 11) is 2.00. The van der Waals surface area contributed by atoms with Gasteiger partial charge in [0.25, 0.3) is 0 Å². The molecule has 0 amide bonds. The zero-order valence-corrected chi connectivity index (χ0v) is 11.4. The summed E-state index contributed by atoms with van der Waals surface area (Å²) < 4.78 is 2.30. The monoisotopic (exact) mass is 235 g/mol. The predicted molar refractivity (Wildman–Crippen MR) is 71.2 cm³/mol. The highest BCUT2D eigenvalue weighted by molar-refractivity contribution is 5.24. The van der Waals surface area contributed by atoms with Gasteiger partial charge in [0.1, 0.15) is 0 Å². The van der Waals surface area contributed by atoms with E-state index in [9.17, 15) is 0 Å². The number of nitrogens with one attached hydrogen (secondary N) is 1. The molecule has 96 valence electrons. The molecule has 0 saturated heterocycles. The predicted octanol–water partition coefficient (Wildman–Crippen LogP) is 3.11. The molecule has 0 unspecified atom stereocenters. The summed E-state index contributed by atoms with van der Waals surface area (Å²) in [6, 6.07) is 0.641. The van der Waals surface area contributed by atoms with Gasteiger partial charge in [-0.2, -0.15) is 5.10 Å². The van der Waals surface area contributed by atoms with E-state index >= 15 is 0 Å². The molecule has 0 radical (unpaired) electrons. The molecule has 0 spiro atoms. The highest BCUT2D eigenvalue weighted by atomic mass is 15.3. The van der Waals surface area contributed by atoms with Crippen LogP contribution in [-0.2, 0) is 6.54 Å². The van der Waals surface area contributed by atoms with Crippen molar-refractivity contribution >= 4 is 0 Å². The summed E-state index contributed by atoms with van der Waals surface area (Å²) >= 11 is 0. The number of rotatable bonds is 3. The number of hydrogen-bond acceptors (Lipinski definition) is 2. The van der Waals surface area contributed by atoms with E-state index in [1.807, 2.05) is 7.05 Å². The molecule has 0 aromatic carbocycles. The quantitative estimate of drug-likeness (QED) is 0.816. The van der Waals surface area contributed by atoms with Gasteiger partial charge in [-0.15, -0.1) is 0 Å². The fourth-order valence-corrected chi connectivity index (χ4v) is 2.99. The van der Waals surface area contributed by atoms with Crippen molar-refractivity contribution in [3.05, 3.63) is 17.0 Å². The average Bonchev–Trinajstić information content (AvgIpc) is 2.55. The summed E-state index contributed by atoms with van der Waals surface area (Å²) in [5.74, 6) is 0. The first-order chi connectivity index (χ1) is 8.24. The summed E-state index contributed by atoms with van der Waals surface area (Å²) in [5, 5.41) is 8.01. The van der Waals surface area contributed by atoms with Gasteiger partial charge < -0.3 is 5.32 Å². The Balaban J connectivity index is 2.22. The van der Waals surface area contributed by atoms with Gasteiger partial charge in [-0.3, -0.25) is 4.68 Å². The molecule has 0 aliphatic heterocycles. The molecule has 0 bridgehead atoms. The fraction of sp³-hybridized carbons (Fsp3) is 0.786. The van der Waals surface area contributed by atoms with E-state index in [1.165, 1.54) is 55.5 Å². The first kappa shape index (κ1) is 12.6. The molecule has 1 aliphatic carbocycles. The molecule has 1 fully saturated rings. The lowest BCUT2D eigenvalue weighted by molar-refractivity contribution is 0.396. The Morgan fingerprint density at radius 3 is 2.41 bits per heavy atom. The van der Waals surface area contributed by atoms with Crippen molar-refractivity contribution in [1.82, 2.24) is 15.1 Å². The second-order valence-electron chi connectivity index (χ2n) is 5.27. The van der Waals surface area contributed by atoms with Crippen LogP contribution in [0.3, 0.4) is 0 Å². The van der Waals surface area contributed by atoms with E-state index in [2.05, 4.69) is 23.8 Å². The van der Waals surface area contributed by atoms with Crippen molar-refractivity contribution < 1.29 is 0 Å². The van der Waals surface area contributed by atoms with Crippen LogP contribution >= 0.6 is 0 Å². The van der Waals surface area contributed by atoms with Crippen LogP contribution in [0, 0.1) is 13.8 Å². The molecule has 0 atom stereocenters. The Morgan fingerprint density at radius 1 is 1.18 bits per heavy atom. The van der Waals surface area contributed by atoms with Gasteiger partial charge in [-0.25, -0.2) is 0 Å². The Morgan fingerprint density at radius 2 is 1.82 bits per heavy atom. The van der Waals surface area contributed by atoms with Gasteiger partial charge in [0.2, 0.25) is 0 Å². The lowest BCUT2D eigenvalue weighted by Crippen LogP contribution is -2.12. The summed E-state index contributed by atoms with van der Waals surface area (Å²) in [5.41, 5.74) is 3.95. The second kappa shape index (κ2) is 5.67. The minimum atomic E-state index is 0.641. The van der Waals surface area contributed by atoms with Crippen LogP contribution < -0.4 is 5.32 Å².